The maximum absolute atomic E-state index is 13.4. The average Bonchev–Trinajstić information content (AvgIpc) is 3.28. The van der Waals surface area contributed by atoms with Crippen molar-refractivity contribution < 1.29 is 0 Å². The summed E-state index contributed by atoms with van der Waals surface area (Å²) in [5.41, 5.74) is 3.02. The summed E-state index contributed by atoms with van der Waals surface area (Å²) in [6, 6.07) is 19.0. The van der Waals surface area contributed by atoms with E-state index in [1.165, 1.54) is 36.4 Å². The number of rotatable bonds is 8. The molecule has 38 heavy (non-hydrogen) atoms. The molecular formula is C30H38N6O2. The number of hydrogen-bond donors (Lipinski definition) is 1. The van der Waals surface area contributed by atoms with Crippen LogP contribution in [0.4, 0.5) is 11.5 Å². The van der Waals surface area contributed by atoms with E-state index in [-0.39, 0.29) is 17.2 Å². The van der Waals surface area contributed by atoms with Gasteiger partial charge in [0.2, 0.25) is 0 Å². The van der Waals surface area contributed by atoms with Crippen LogP contribution in [0.1, 0.15) is 57.2 Å². The molecule has 1 atom stereocenters. The fraction of sp³-hybridized carbons (Fsp3) is 0.433. The first-order valence-electron chi connectivity index (χ1n) is 13.7. The van der Waals surface area contributed by atoms with Gasteiger partial charge in [0.1, 0.15) is 11.2 Å². The summed E-state index contributed by atoms with van der Waals surface area (Å²) in [5.74, 6) is 0.817. The Labute approximate surface area is 223 Å². The van der Waals surface area contributed by atoms with Crippen LogP contribution in [-0.4, -0.2) is 36.9 Å². The van der Waals surface area contributed by atoms with Crippen LogP contribution in [0.25, 0.3) is 11.0 Å². The highest BCUT2D eigenvalue weighted by atomic mass is 16.2. The normalized spacial score (nSPS) is 16.4. The van der Waals surface area contributed by atoms with Gasteiger partial charge in [-0.15, -0.1) is 0 Å². The van der Waals surface area contributed by atoms with Crippen LogP contribution in [-0.2, 0) is 20.1 Å². The van der Waals surface area contributed by atoms with Crippen LogP contribution in [0.3, 0.4) is 0 Å². The van der Waals surface area contributed by atoms with Crippen molar-refractivity contribution in [1.29, 1.82) is 0 Å². The van der Waals surface area contributed by atoms with Crippen molar-refractivity contribution in [1.82, 2.24) is 23.8 Å². The number of nitrogens with one attached hydrogen (secondary N) is 1. The molecular weight excluding hydrogens is 476 g/mol. The molecule has 1 aliphatic rings. The van der Waals surface area contributed by atoms with Crippen molar-refractivity contribution >= 4 is 22.5 Å². The van der Waals surface area contributed by atoms with Gasteiger partial charge in [-0.05, 0) is 55.1 Å². The highest BCUT2D eigenvalue weighted by Gasteiger charge is 2.24. The first-order chi connectivity index (χ1) is 18.4. The molecule has 0 amide bonds. The largest absolute Gasteiger partial charge is 0.340 e. The molecule has 2 aromatic carbocycles. The van der Waals surface area contributed by atoms with Crippen molar-refractivity contribution in [2.24, 2.45) is 13.0 Å². The smallest absolute Gasteiger partial charge is 0.332 e. The van der Waals surface area contributed by atoms with Crippen LogP contribution >= 0.6 is 0 Å². The predicted molar refractivity (Wildman–Crippen MR) is 153 cm³/mol. The Balaban J connectivity index is 1.58. The van der Waals surface area contributed by atoms with E-state index in [0.29, 0.717) is 36.0 Å². The van der Waals surface area contributed by atoms with E-state index in [1.54, 1.807) is 4.57 Å². The fourth-order valence-electron chi connectivity index (χ4n) is 5.56. The molecule has 0 bridgehead atoms. The SMILES string of the molecule is CCN1CCCCC1c1ccc(Cn2nc3c(c2Nc2ccccc2)c(=O)n(C)c(=O)n3CC(C)C)cc1. The summed E-state index contributed by atoms with van der Waals surface area (Å²) in [4.78, 5) is 29.0. The van der Waals surface area contributed by atoms with E-state index >= 15 is 0 Å². The minimum Gasteiger partial charge on any atom is -0.340 e. The summed E-state index contributed by atoms with van der Waals surface area (Å²) in [6.45, 7) is 9.52. The highest BCUT2D eigenvalue weighted by Crippen LogP contribution is 2.31. The highest BCUT2D eigenvalue weighted by molar-refractivity contribution is 5.89. The van der Waals surface area contributed by atoms with Gasteiger partial charge in [0.15, 0.2) is 5.65 Å². The molecule has 0 radical (unpaired) electrons. The monoisotopic (exact) mass is 514 g/mol. The second kappa shape index (κ2) is 11.0. The van der Waals surface area contributed by atoms with E-state index in [9.17, 15) is 9.59 Å². The molecule has 8 nitrogen and oxygen atoms in total. The Morgan fingerprint density at radius 1 is 1.03 bits per heavy atom. The van der Waals surface area contributed by atoms with Gasteiger partial charge >= 0.3 is 5.69 Å². The lowest BCUT2D eigenvalue weighted by atomic mass is 9.94. The first kappa shape index (κ1) is 26.0. The second-order valence-electron chi connectivity index (χ2n) is 10.7. The first-order valence-corrected chi connectivity index (χ1v) is 13.7. The molecule has 1 unspecified atom stereocenters. The molecule has 0 spiro atoms. The summed E-state index contributed by atoms with van der Waals surface area (Å²) >= 11 is 0. The lowest BCUT2D eigenvalue weighted by Gasteiger charge is -2.35. The number of fused-ring (bicyclic) bond motifs is 1. The number of likely N-dealkylation sites (tertiary alicyclic amines) is 1. The molecule has 0 saturated carbocycles. The van der Waals surface area contributed by atoms with Crippen molar-refractivity contribution in [3.8, 4) is 0 Å². The van der Waals surface area contributed by atoms with E-state index in [2.05, 4.69) is 55.3 Å². The molecule has 3 heterocycles. The van der Waals surface area contributed by atoms with Gasteiger partial charge in [0, 0.05) is 25.3 Å². The summed E-state index contributed by atoms with van der Waals surface area (Å²) in [6.07, 6.45) is 3.73. The topological polar surface area (TPSA) is 77.1 Å². The molecule has 5 rings (SSSR count). The van der Waals surface area contributed by atoms with E-state index in [0.717, 1.165) is 24.3 Å². The Kier molecular flexibility index (Phi) is 7.51. The van der Waals surface area contributed by atoms with Crippen molar-refractivity contribution in [3.63, 3.8) is 0 Å². The zero-order valence-corrected chi connectivity index (χ0v) is 22.9. The van der Waals surface area contributed by atoms with E-state index in [1.807, 2.05) is 35.0 Å². The van der Waals surface area contributed by atoms with Gasteiger partial charge in [-0.2, -0.15) is 5.10 Å². The maximum Gasteiger partial charge on any atom is 0.332 e. The number of para-hydroxylation sites is 1. The zero-order chi connectivity index (χ0) is 26.8. The molecule has 1 fully saturated rings. The quantitative estimate of drug-likeness (QED) is 0.362. The minimum absolute atomic E-state index is 0.221. The third-order valence-electron chi connectivity index (χ3n) is 7.53. The van der Waals surface area contributed by atoms with Crippen molar-refractivity contribution in [3.05, 3.63) is 86.6 Å². The number of benzene rings is 2. The molecule has 2 aromatic heterocycles. The lowest BCUT2D eigenvalue weighted by Crippen LogP contribution is -2.38. The van der Waals surface area contributed by atoms with Crippen LogP contribution in [0.5, 0.6) is 0 Å². The summed E-state index contributed by atoms with van der Waals surface area (Å²) < 4.78 is 4.63. The second-order valence-corrected chi connectivity index (χ2v) is 10.7. The fourth-order valence-corrected chi connectivity index (χ4v) is 5.56. The van der Waals surface area contributed by atoms with Gasteiger partial charge < -0.3 is 5.32 Å². The van der Waals surface area contributed by atoms with Crippen LogP contribution in [0.15, 0.2) is 64.2 Å². The van der Waals surface area contributed by atoms with Crippen LogP contribution in [0.2, 0.25) is 0 Å². The van der Waals surface area contributed by atoms with Gasteiger partial charge in [0.25, 0.3) is 5.56 Å². The molecule has 1 saturated heterocycles. The Hall–Kier alpha value is -3.65. The number of hydrogen-bond acceptors (Lipinski definition) is 5. The Morgan fingerprint density at radius 3 is 2.45 bits per heavy atom. The van der Waals surface area contributed by atoms with Crippen LogP contribution < -0.4 is 16.6 Å². The lowest BCUT2D eigenvalue weighted by molar-refractivity contribution is 0.157. The molecule has 4 aromatic rings. The summed E-state index contributed by atoms with van der Waals surface area (Å²) in [5, 5.41) is 8.70. The molecule has 0 aliphatic carbocycles. The third kappa shape index (κ3) is 5.05. The summed E-state index contributed by atoms with van der Waals surface area (Å²) in [7, 11) is 1.54. The molecule has 1 aliphatic heterocycles. The number of aromatic nitrogens is 4. The molecule has 200 valence electrons. The number of nitrogens with zero attached hydrogens (tertiary/aromatic N) is 5. The standard InChI is InChI=1S/C30H38N6O2/c1-5-34-18-10-9-13-25(34)23-16-14-22(15-17-23)20-36-27(31-24-11-7-6-8-12-24)26-28(32-36)35(19-21(2)3)30(38)33(4)29(26)37/h6-8,11-12,14-17,21,25,31H,5,9-10,13,18-20H2,1-4H3. The number of piperidine rings is 1. The average molecular weight is 515 g/mol. The van der Waals surface area contributed by atoms with Crippen molar-refractivity contribution in [2.75, 3.05) is 18.4 Å². The third-order valence-corrected chi connectivity index (χ3v) is 7.53. The Morgan fingerprint density at radius 2 is 1.76 bits per heavy atom. The van der Waals surface area contributed by atoms with Gasteiger partial charge in [-0.3, -0.25) is 18.8 Å². The minimum atomic E-state index is -0.345. The predicted octanol–water partition coefficient (Wildman–Crippen LogP) is 4.89. The van der Waals surface area contributed by atoms with Crippen molar-refractivity contribution in [2.45, 2.75) is 59.2 Å². The van der Waals surface area contributed by atoms with Gasteiger partial charge in [0.05, 0.1) is 6.54 Å². The Bertz CT molecular complexity index is 1520. The van der Waals surface area contributed by atoms with Crippen LogP contribution in [0, 0.1) is 5.92 Å². The van der Waals surface area contributed by atoms with E-state index in [4.69, 9.17) is 5.10 Å². The van der Waals surface area contributed by atoms with Gasteiger partial charge in [-0.1, -0.05) is 69.7 Å². The molecule has 1 N–H and O–H groups in total. The number of anilines is 2. The maximum atomic E-state index is 13.4. The molecule has 8 heteroatoms. The zero-order valence-electron chi connectivity index (χ0n) is 22.9. The van der Waals surface area contributed by atoms with E-state index < -0.39 is 0 Å². The van der Waals surface area contributed by atoms with Gasteiger partial charge in [-0.25, -0.2) is 9.48 Å².